The predicted octanol–water partition coefficient (Wildman–Crippen LogP) is -0.0112. The maximum atomic E-state index is 5.34. The highest BCUT2D eigenvalue weighted by Crippen LogP contribution is 2.01. The largest absolute Gasteiger partial charge is 0.384 e. The van der Waals surface area contributed by atoms with Crippen molar-refractivity contribution in [3.05, 3.63) is 11.9 Å². The fourth-order valence-corrected chi connectivity index (χ4v) is 0.664. The van der Waals surface area contributed by atoms with Crippen molar-refractivity contribution in [2.75, 3.05) is 11.5 Å². The molecule has 52 valence electrons. The summed E-state index contributed by atoms with van der Waals surface area (Å²) in [5.74, 6) is 1.06. The summed E-state index contributed by atoms with van der Waals surface area (Å²) in [6.07, 6.45) is 0. The third-order valence-corrected chi connectivity index (χ3v) is 1.10. The number of thiocarbonyl (C=S) groups is 1. The van der Waals surface area contributed by atoms with E-state index in [0.29, 0.717) is 17.5 Å². The maximum absolute atomic E-state index is 5.34. The van der Waals surface area contributed by atoms with Gasteiger partial charge in [0.1, 0.15) is 11.6 Å². The first kappa shape index (κ1) is 6.88. The quantitative estimate of drug-likeness (QED) is 0.556. The van der Waals surface area contributed by atoms with Gasteiger partial charge in [-0.1, -0.05) is 12.2 Å². The standard InChI is InChI=1S/C5H6N4S/c6-3-1-4(7)9-5(2-10)8-3/h1-2H,(H4,6,7,8,9). The molecule has 0 saturated heterocycles. The number of nitrogen functional groups attached to an aromatic ring is 2. The third-order valence-electron chi connectivity index (χ3n) is 0.888. The van der Waals surface area contributed by atoms with E-state index in [0.717, 1.165) is 0 Å². The normalized spacial score (nSPS) is 9.20. The highest BCUT2D eigenvalue weighted by molar-refractivity contribution is 7.79. The fraction of sp³-hybridized carbons (Fsp3) is 0. The minimum absolute atomic E-state index is 0.337. The number of aromatic nitrogens is 2. The Morgan fingerprint density at radius 1 is 1.30 bits per heavy atom. The van der Waals surface area contributed by atoms with Crippen molar-refractivity contribution in [1.29, 1.82) is 0 Å². The molecule has 0 fully saturated rings. The van der Waals surface area contributed by atoms with Crippen LogP contribution in [0.25, 0.3) is 0 Å². The molecule has 0 atom stereocenters. The molecule has 1 heterocycles. The minimum Gasteiger partial charge on any atom is -0.384 e. The van der Waals surface area contributed by atoms with Gasteiger partial charge in [-0.2, -0.15) is 0 Å². The molecule has 0 radical (unpaired) electrons. The monoisotopic (exact) mass is 154 g/mol. The van der Waals surface area contributed by atoms with E-state index in [1.165, 1.54) is 11.4 Å². The molecule has 0 amide bonds. The van der Waals surface area contributed by atoms with Crippen molar-refractivity contribution < 1.29 is 0 Å². The summed E-state index contributed by atoms with van der Waals surface area (Å²) in [6, 6.07) is 1.47. The Labute approximate surface area is 63.3 Å². The molecule has 4 N–H and O–H groups in total. The van der Waals surface area contributed by atoms with Crippen LogP contribution >= 0.6 is 12.2 Å². The van der Waals surface area contributed by atoms with Crippen molar-refractivity contribution in [3.8, 4) is 0 Å². The van der Waals surface area contributed by atoms with Crippen LogP contribution in [-0.2, 0) is 0 Å². The van der Waals surface area contributed by atoms with Gasteiger partial charge in [-0.05, 0) is 0 Å². The van der Waals surface area contributed by atoms with E-state index in [-0.39, 0.29) is 0 Å². The van der Waals surface area contributed by atoms with Crippen LogP contribution in [-0.4, -0.2) is 15.3 Å². The first-order valence-corrected chi connectivity index (χ1v) is 3.04. The van der Waals surface area contributed by atoms with Gasteiger partial charge in [-0.15, -0.1) is 0 Å². The van der Waals surface area contributed by atoms with Crippen molar-refractivity contribution >= 4 is 29.2 Å². The SMILES string of the molecule is Nc1cc(N)nc(C=S)n1. The Kier molecular flexibility index (Phi) is 1.77. The average Bonchev–Trinajstić information content (AvgIpc) is 1.85. The molecule has 1 aromatic rings. The first-order valence-electron chi connectivity index (χ1n) is 2.57. The predicted molar refractivity (Wildman–Crippen MR) is 43.6 cm³/mol. The molecule has 10 heavy (non-hydrogen) atoms. The summed E-state index contributed by atoms with van der Waals surface area (Å²) in [5, 5.41) is 1.33. The van der Waals surface area contributed by atoms with E-state index in [1.807, 2.05) is 0 Å². The van der Waals surface area contributed by atoms with Gasteiger partial charge in [-0.3, -0.25) is 0 Å². The summed E-state index contributed by atoms with van der Waals surface area (Å²) in [5.41, 5.74) is 10.7. The van der Waals surface area contributed by atoms with Gasteiger partial charge >= 0.3 is 0 Å². The summed E-state index contributed by atoms with van der Waals surface area (Å²) >= 11 is 4.58. The van der Waals surface area contributed by atoms with E-state index in [1.54, 1.807) is 0 Å². The maximum Gasteiger partial charge on any atom is 0.167 e. The Morgan fingerprint density at radius 3 is 2.20 bits per heavy atom. The Hall–Kier alpha value is -1.23. The topological polar surface area (TPSA) is 77.8 Å². The van der Waals surface area contributed by atoms with Crippen molar-refractivity contribution in [2.45, 2.75) is 0 Å². The van der Waals surface area contributed by atoms with Gasteiger partial charge in [0.25, 0.3) is 0 Å². The number of anilines is 2. The Morgan fingerprint density at radius 2 is 1.80 bits per heavy atom. The number of nitrogens with zero attached hydrogens (tertiary/aromatic N) is 2. The molecule has 0 aromatic carbocycles. The number of rotatable bonds is 1. The fourth-order valence-electron chi connectivity index (χ4n) is 0.558. The lowest BCUT2D eigenvalue weighted by Crippen LogP contribution is -2.01. The average molecular weight is 154 g/mol. The van der Waals surface area contributed by atoms with Gasteiger partial charge in [-0.25, -0.2) is 9.97 Å². The zero-order chi connectivity index (χ0) is 7.56. The molecule has 5 heteroatoms. The van der Waals surface area contributed by atoms with Gasteiger partial charge in [0.05, 0.1) is 0 Å². The molecule has 4 nitrogen and oxygen atoms in total. The van der Waals surface area contributed by atoms with Gasteiger partial charge in [0, 0.05) is 11.4 Å². The van der Waals surface area contributed by atoms with Gasteiger partial charge in [0.2, 0.25) is 0 Å². The van der Waals surface area contributed by atoms with Gasteiger partial charge < -0.3 is 11.5 Å². The Balaban J connectivity index is 3.18. The second-order valence-electron chi connectivity index (χ2n) is 1.69. The van der Waals surface area contributed by atoms with Crippen LogP contribution < -0.4 is 11.5 Å². The van der Waals surface area contributed by atoms with E-state index in [4.69, 9.17) is 11.5 Å². The lowest BCUT2D eigenvalue weighted by atomic mass is 10.5. The van der Waals surface area contributed by atoms with Crippen LogP contribution in [0.1, 0.15) is 5.82 Å². The highest BCUT2D eigenvalue weighted by atomic mass is 32.1. The summed E-state index contributed by atoms with van der Waals surface area (Å²) in [6.45, 7) is 0. The zero-order valence-electron chi connectivity index (χ0n) is 5.11. The zero-order valence-corrected chi connectivity index (χ0v) is 5.93. The van der Waals surface area contributed by atoms with E-state index in [9.17, 15) is 0 Å². The summed E-state index contributed by atoms with van der Waals surface area (Å²) in [7, 11) is 0. The van der Waals surface area contributed by atoms with E-state index >= 15 is 0 Å². The molecule has 0 unspecified atom stereocenters. The van der Waals surface area contributed by atoms with Crippen molar-refractivity contribution in [2.24, 2.45) is 0 Å². The molecule has 0 bridgehead atoms. The molecule has 0 spiro atoms. The lowest BCUT2D eigenvalue weighted by Gasteiger charge is -1.95. The van der Waals surface area contributed by atoms with Crippen LogP contribution in [0, 0.1) is 0 Å². The van der Waals surface area contributed by atoms with Gasteiger partial charge in [0.15, 0.2) is 5.82 Å². The smallest absolute Gasteiger partial charge is 0.167 e. The van der Waals surface area contributed by atoms with Crippen molar-refractivity contribution in [3.63, 3.8) is 0 Å². The van der Waals surface area contributed by atoms with Crippen LogP contribution in [0.2, 0.25) is 0 Å². The van der Waals surface area contributed by atoms with Crippen LogP contribution in [0.4, 0.5) is 11.6 Å². The second kappa shape index (κ2) is 2.57. The van der Waals surface area contributed by atoms with Crippen LogP contribution in [0.5, 0.6) is 0 Å². The second-order valence-corrected chi connectivity index (χ2v) is 1.93. The third kappa shape index (κ3) is 1.38. The molecule has 1 aromatic heterocycles. The number of hydrogen-bond donors (Lipinski definition) is 2. The van der Waals surface area contributed by atoms with E-state index in [2.05, 4.69) is 22.2 Å². The molecule has 1 rings (SSSR count). The molecule has 0 aliphatic rings. The Bertz CT molecular complexity index is 240. The molecule has 0 saturated carbocycles. The molecular formula is C5H6N4S. The first-order chi connectivity index (χ1) is 4.72. The van der Waals surface area contributed by atoms with Crippen molar-refractivity contribution in [1.82, 2.24) is 9.97 Å². The van der Waals surface area contributed by atoms with Crippen LogP contribution in [0.3, 0.4) is 0 Å². The highest BCUT2D eigenvalue weighted by Gasteiger charge is 1.94. The minimum atomic E-state index is 0.337. The lowest BCUT2D eigenvalue weighted by molar-refractivity contribution is 1.17. The molecule has 0 aliphatic carbocycles. The summed E-state index contributed by atoms with van der Waals surface area (Å²) in [4.78, 5) is 7.56. The van der Waals surface area contributed by atoms with Crippen LogP contribution in [0.15, 0.2) is 6.07 Å². The number of hydrogen-bond acceptors (Lipinski definition) is 5. The molecule has 0 aliphatic heterocycles. The van der Waals surface area contributed by atoms with E-state index < -0.39 is 0 Å². The molecular weight excluding hydrogens is 148 g/mol. The summed E-state index contributed by atoms with van der Waals surface area (Å²) < 4.78 is 0. The number of nitrogens with two attached hydrogens (primary N) is 2.